The number of ether oxygens (including phenoxy) is 1. The van der Waals surface area contributed by atoms with Crippen molar-refractivity contribution >= 4 is 11.9 Å². The number of aliphatic carboxylic acids is 2. The lowest BCUT2D eigenvalue weighted by Gasteiger charge is -2.22. The van der Waals surface area contributed by atoms with E-state index < -0.39 is 18.4 Å². The number of aromatic hydroxyl groups is 1. The Morgan fingerprint density at radius 3 is 1.90 bits per heavy atom. The SMILES string of the molecule is C=CCc1c(CC)c(CC)c(O)c(OC)c1CCCCCC.O=C(O)CC(=O)O. The van der Waals surface area contributed by atoms with Crippen LogP contribution in [-0.2, 0) is 35.3 Å². The molecule has 6 nitrogen and oxygen atoms in total. The van der Waals surface area contributed by atoms with Gasteiger partial charge in [-0.05, 0) is 43.2 Å². The van der Waals surface area contributed by atoms with Crippen LogP contribution in [0.4, 0.5) is 0 Å². The Hall–Kier alpha value is -2.50. The van der Waals surface area contributed by atoms with Gasteiger partial charge in [0, 0.05) is 11.1 Å². The number of hydrogen-bond donors (Lipinski definition) is 3. The molecular formula is C23H36O6. The monoisotopic (exact) mass is 408 g/mol. The summed E-state index contributed by atoms with van der Waals surface area (Å²) in [7, 11) is 1.66. The van der Waals surface area contributed by atoms with E-state index in [-0.39, 0.29) is 0 Å². The standard InChI is InChI=1S/C20H32O2.C3H4O4/c1-6-10-11-12-14-18-17(13-7-2)15(8-3)16(9-4)19(21)20(18)22-5;4-2(5)1-3(6)7/h7,21H,2,6,8-14H2,1,3-5H3;1H2,(H,4,5)(H,6,7). The first-order valence-corrected chi connectivity index (χ1v) is 10.3. The van der Waals surface area contributed by atoms with Crippen molar-refractivity contribution in [2.45, 2.75) is 78.6 Å². The van der Waals surface area contributed by atoms with E-state index in [2.05, 4.69) is 27.4 Å². The van der Waals surface area contributed by atoms with Crippen LogP contribution < -0.4 is 4.74 Å². The van der Waals surface area contributed by atoms with E-state index >= 15 is 0 Å². The number of carboxylic acid groups (broad SMARTS) is 2. The number of phenolic OH excluding ortho intramolecular Hbond substituents is 1. The van der Waals surface area contributed by atoms with E-state index in [1.807, 2.05) is 6.08 Å². The van der Waals surface area contributed by atoms with Crippen LogP contribution in [0, 0.1) is 0 Å². The van der Waals surface area contributed by atoms with E-state index in [1.54, 1.807) is 7.11 Å². The molecule has 0 fully saturated rings. The van der Waals surface area contributed by atoms with Crippen LogP contribution in [0.2, 0.25) is 0 Å². The lowest BCUT2D eigenvalue weighted by Crippen LogP contribution is -2.07. The molecular weight excluding hydrogens is 372 g/mol. The maximum Gasteiger partial charge on any atom is 0.314 e. The molecule has 3 N–H and O–H groups in total. The number of unbranched alkanes of at least 4 members (excludes halogenated alkanes) is 3. The molecule has 164 valence electrons. The van der Waals surface area contributed by atoms with Gasteiger partial charge in [-0.3, -0.25) is 9.59 Å². The second-order valence-corrected chi connectivity index (χ2v) is 6.77. The van der Waals surface area contributed by atoms with Crippen LogP contribution >= 0.6 is 0 Å². The third kappa shape index (κ3) is 8.59. The second-order valence-electron chi connectivity index (χ2n) is 6.77. The molecule has 6 heteroatoms. The highest BCUT2D eigenvalue weighted by Crippen LogP contribution is 2.41. The van der Waals surface area contributed by atoms with E-state index in [0.29, 0.717) is 11.5 Å². The number of benzene rings is 1. The van der Waals surface area contributed by atoms with Gasteiger partial charge in [-0.15, -0.1) is 6.58 Å². The van der Waals surface area contributed by atoms with Gasteiger partial charge in [0.2, 0.25) is 0 Å². The zero-order valence-electron chi connectivity index (χ0n) is 18.2. The lowest BCUT2D eigenvalue weighted by atomic mass is 9.87. The minimum atomic E-state index is -1.31. The lowest BCUT2D eigenvalue weighted by molar-refractivity contribution is -0.147. The van der Waals surface area contributed by atoms with Crippen LogP contribution in [-0.4, -0.2) is 34.4 Å². The number of hydrogen-bond acceptors (Lipinski definition) is 4. The highest BCUT2D eigenvalue weighted by Gasteiger charge is 2.21. The zero-order chi connectivity index (χ0) is 22.4. The third-order valence-corrected chi connectivity index (χ3v) is 4.71. The van der Waals surface area contributed by atoms with Crippen molar-refractivity contribution in [3.63, 3.8) is 0 Å². The molecule has 1 aromatic carbocycles. The number of carbonyl (C=O) groups is 2. The molecule has 0 aliphatic rings. The van der Waals surface area contributed by atoms with Gasteiger partial charge in [0.25, 0.3) is 0 Å². The maximum absolute atomic E-state index is 10.6. The molecule has 0 amide bonds. The van der Waals surface area contributed by atoms with Gasteiger partial charge < -0.3 is 20.1 Å². The first-order chi connectivity index (χ1) is 13.8. The van der Waals surface area contributed by atoms with Crippen molar-refractivity contribution in [3.05, 3.63) is 34.9 Å². The van der Waals surface area contributed by atoms with Crippen LogP contribution in [0.25, 0.3) is 0 Å². The molecule has 1 rings (SSSR count). The number of rotatable bonds is 12. The largest absolute Gasteiger partial charge is 0.504 e. The summed E-state index contributed by atoms with van der Waals surface area (Å²) in [6.45, 7) is 10.4. The molecule has 0 aliphatic carbocycles. The summed E-state index contributed by atoms with van der Waals surface area (Å²) in [6, 6.07) is 0. The molecule has 0 radical (unpaired) electrons. The predicted octanol–water partition coefficient (Wildman–Crippen LogP) is 4.92. The average molecular weight is 409 g/mol. The summed E-state index contributed by atoms with van der Waals surface area (Å²) in [6.07, 6.45) is 9.59. The van der Waals surface area contributed by atoms with Gasteiger partial charge in [0.15, 0.2) is 11.5 Å². The highest BCUT2D eigenvalue weighted by atomic mass is 16.5. The molecule has 0 atom stereocenters. The molecule has 29 heavy (non-hydrogen) atoms. The third-order valence-electron chi connectivity index (χ3n) is 4.71. The van der Waals surface area contributed by atoms with E-state index in [4.69, 9.17) is 14.9 Å². The molecule has 0 bridgehead atoms. The Balaban J connectivity index is 0.000000956. The van der Waals surface area contributed by atoms with Gasteiger partial charge in [0.05, 0.1) is 7.11 Å². The molecule has 0 aromatic heterocycles. The zero-order valence-corrected chi connectivity index (χ0v) is 18.2. The Bertz CT molecular complexity index is 667. The smallest absolute Gasteiger partial charge is 0.314 e. The summed E-state index contributed by atoms with van der Waals surface area (Å²) in [5.74, 6) is -1.59. The van der Waals surface area contributed by atoms with Gasteiger partial charge in [0.1, 0.15) is 6.42 Å². The molecule has 0 spiro atoms. The summed E-state index contributed by atoms with van der Waals surface area (Å²) >= 11 is 0. The first-order valence-electron chi connectivity index (χ1n) is 10.3. The molecule has 0 unspecified atom stereocenters. The summed E-state index contributed by atoms with van der Waals surface area (Å²) < 4.78 is 5.58. The van der Waals surface area contributed by atoms with E-state index in [9.17, 15) is 14.7 Å². The Morgan fingerprint density at radius 1 is 0.931 bits per heavy atom. The Labute approximate surface area is 174 Å². The van der Waals surface area contributed by atoms with Crippen LogP contribution in [0.3, 0.4) is 0 Å². The first kappa shape index (κ1) is 26.5. The van der Waals surface area contributed by atoms with Crippen molar-refractivity contribution in [2.24, 2.45) is 0 Å². The molecule has 0 heterocycles. The summed E-state index contributed by atoms with van der Waals surface area (Å²) in [5.41, 5.74) is 4.82. The number of methoxy groups -OCH3 is 1. The van der Waals surface area contributed by atoms with E-state index in [1.165, 1.54) is 36.0 Å². The second kappa shape index (κ2) is 14.5. The quantitative estimate of drug-likeness (QED) is 0.257. The van der Waals surface area contributed by atoms with Crippen LogP contribution in [0.1, 0.15) is 75.1 Å². The van der Waals surface area contributed by atoms with Gasteiger partial charge in [-0.1, -0.05) is 46.1 Å². The van der Waals surface area contributed by atoms with Gasteiger partial charge in [-0.25, -0.2) is 0 Å². The van der Waals surface area contributed by atoms with Crippen molar-refractivity contribution in [2.75, 3.05) is 7.11 Å². The predicted molar refractivity (Wildman–Crippen MR) is 115 cm³/mol. The van der Waals surface area contributed by atoms with Crippen molar-refractivity contribution < 1.29 is 29.6 Å². The van der Waals surface area contributed by atoms with Crippen molar-refractivity contribution in [3.8, 4) is 11.5 Å². The number of carboxylic acids is 2. The topological polar surface area (TPSA) is 104 Å². The summed E-state index contributed by atoms with van der Waals surface area (Å²) in [4.78, 5) is 18.9. The Kier molecular flexibility index (Phi) is 13.2. The van der Waals surface area contributed by atoms with Crippen molar-refractivity contribution in [1.82, 2.24) is 0 Å². The summed E-state index contributed by atoms with van der Waals surface area (Å²) in [5, 5.41) is 26.0. The normalized spacial score (nSPS) is 10.1. The molecule has 1 aromatic rings. The number of allylic oxidation sites excluding steroid dienone is 1. The fourth-order valence-corrected chi connectivity index (χ4v) is 3.46. The van der Waals surface area contributed by atoms with Crippen molar-refractivity contribution in [1.29, 1.82) is 0 Å². The van der Waals surface area contributed by atoms with Crippen LogP contribution in [0.15, 0.2) is 12.7 Å². The number of phenols is 1. The van der Waals surface area contributed by atoms with Gasteiger partial charge >= 0.3 is 11.9 Å². The van der Waals surface area contributed by atoms with E-state index in [0.717, 1.165) is 37.7 Å². The average Bonchev–Trinajstić information content (AvgIpc) is 2.66. The molecule has 0 saturated heterocycles. The highest BCUT2D eigenvalue weighted by molar-refractivity contribution is 5.88. The maximum atomic E-state index is 10.6. The molecule has 0 aliphatic heterocycles. The fourth-order valence-electron chi connectivity index (χ4n) is 3.46. The fraction of sp³-hybridized carbons (Fsp3) is 0.565. The molecule has 0 saturated carbocycles. The minimum Gasteiger partial charge on any atom is -0.504 e. The van der Waals surface area contributed by atoms with Crippen LogP contribution in [0.5, 0.6) is 11.5 Å². The minimum absolute atomic E-state index is 0.347. The Morgan fingerprint density at radius 2 is 1.52 bits per heavy atom. The van der Waals surface area contributed by atoms with Gasteiger partial charge in [-0.2, -0.15) is 0 Å².